The minimum absolute atomic E-state index is 0.0141. The second kappa shape index (κ2) is 10.6. The quantitative estimate of drug-likeness (QED) is 0.384. The highest BCUT2D eigenvalue weighted by Gasteiger charge is 2.23. The van der Waals surface area contributed by atoms with Gasteiger partial charge in [-0.3, -0.25) is 0 Å². The van der Waals surface area contributed by atoms with E-state index in [9.17, 15) is 8.78 Å². The third kappa shape index (κ3) is 5.37. The summed E-state index contributed by atoms with van der Waals surface area (Å²) in [5.41, 5.74) is 1.23. The summed E-state index contributed by atoms with van der Waals surface area (Å²) in [5, 5.41) is 3.34. The van der Waals surface area contributed by atoms with Crippen molar-refractivity contribution in [1.29, 1.82) is 0 Å². The maximum absolute atomic E-state index is 14.7. The van der Waals surface area contributed by atoms with Gasteiger partial charge in [0.05, 0.1) is 10.5 Å². The molecule has 3 aromatic carbocycles. The van der Waals surface area contributed by atoms with Gasteiger partial charge in [0.15, 0.2) is 11.5 Å². The Morgan fingerprint density at radius 2 is 1.72 bits per heavy atom. The zero-order chi connectivity index (χ0) is 22.5. The number of rotatable bonds is 7. The lowest BCUT2D eigenvalue weighted by Gasteiger charge is -2.26. The van der Waals surface area contributed by atoms with Gasteiger partial charge in [0.1, 0.15) is 24.3 Å². The second-order valence-electron chi connectivity index (χ2n) is 7.59. The Hall–Kier alpha value is -2.28. The van der Waals surface area contributed by atoms with Gasteiger partial charge in [-0.2, -0.15) is 0 Å². The Labute approximate surface area is 196 Å². The first-order valence-corrected chi connectivity index (χ1v) is 12.1. The largest absolute Gasteiger partial charge is 0.485 e. The molecule has 0 aliphatic carbocycles. The van der Waals surface area contributed by atoms with Crippen LogP contribution in [0.25, 0.3) is 11.1 Å². The van der Waals surface area contributed by atoms with E-state index >= 15 is 0 Å². The minimum atomic E-state index is -0.719. The molecule has 168 valence electrons. The molecule has 0 bridgehead atoms. The van der Waals surface area contributed by atoms with E-state index in [-0.39, 0.29) is 16.7 Å². The minimum Gasteiger partial charge on any atom is -0.485 e. The molecule has 4 rings (SSSR count). The third-order valence-electron chi connectivity index (χ3n) is 5.34. The van der Waals surface area contributed by atoms with Crippen molar-refractivity contribution in [3.8, 4) is 22.6 Å². The topological polar surface area (TPSA) is 30.5 Å². The van der Waals surface area contributed by atoms with Crippen LogP contribution in [0.3, 0.4) is 0 Å². The molecule has 0 aromatic heterocycles. The predicted molar refractivity (Wildman–Crippen MR) is 126 cm³/mol. The maximum Gasteiger partial charge on any atom is 0.175 e. The summed E-state index contributed by atoms with van der Waals surface area (Å²) in [5.74, 6) is -0.368. The van der Waals surface area contributed by atoms with Crippen molar-refractivity contribution in [1.82, 2.24) is 5.32 Å². The van der Waals surface area contributed by atoms with Crippen molar-refractivity contribution >= 4 is 23.4 Å². The molecular formula is C25H24ClF2NO2S. The van der Waals surface area contributed by atoms with Gasteiger partial charge in [-0.05, 0) is 67.6 Å². The number of hydrogen-bond donors (Lipinski definition) is 1. The SMILES string of the molecule is CSc1cc(-c2c(F)cc(Cl)cc2F)cc(OCc2ccccc2)c1OC1CCNCC1. The molecule has 0 radical (unpaired) electrons. The molecule has 1 fully saturated rings. The van der Waals surface area contributed by atoms with Gasteiger partial charge >= 0.3 is 0 Å². The number of thioether (sulfide) groups is 1. The Morgan fingerprint density at radius 3 is 2.38 bits per heavy atom. The molecule has 1 N–H and O–H groups in total. The highest BCUT2D eigenvalue weighted by atomic mass is 35.5. The number of piperidine rings is 1. The van der Waals surface area contributed by atoms with E-state index in [1.165, 1.54) is 11.8 Å². The summed E-state index contributed by atoms with van der Waals surface area (Å²) in [6.07, 6.45) is 3.72. The molecule has 1 saturated heterocycles. The molecule has 1 aliphatic heterocycles. The number of nitrogens with one attached hydrogen (secondary N) is 1. The van der Waals surface area contributed by atoms with E-state index in [0.29, 0.717) is 23.7 Å². The van der Waals surface area contributed by atoms with E-state index < -0.39 is 11.6 Å². The number of hydrogen-bond acceptors (Lipinski definition) is 4. The molecular weight excluding hydrogens is 452 g/mol. The van der Waals surface area contributed by atoms with Crippen LogP contribution < -0.4 is 14.8 Å². The van der Waals surface area contributed by atoms with Gasteiger partial charge in [0.25, 0.3) is 0 Å². The lowest BCUT2D eigenvalue weighted by Crippen LogP contribution is -2.34. The smallest absolute Gasteiger partial charge is 0.175 e. The van der Waals surface area contributed by atoms with Crippen LogP contribution in [0.5, 0.6) is 11.5 Å². The normalized spacial score (nSPS) is 14.4. The molecule has 7 heteroatoms. The molecule has 0 saturated carbocycles. The van der Waals surface area contributed by atoms with Crippen molar-refractivity contribution in [2.75, 3.05) is 19.3 Å². The van der Waals surface area contributed by atoms with Gasteiger partial charge in [-0.1, -0.05) is 41.9 Å². The van der Waals surface area contributed by atoms with Crippen molar-refractivity contribution < 1.29 is 18.3 Å². The molecule has 0 spiro atoms. The van der Waals surface area contributed by atoms with Crippen LogP contribution in [0, 0.1) is 11.6 Å². The summed E-state index contributed by atoms with van der Waals surface area (Å²) in [6.45, 7) is 2.09. The van der Waals surface area contributed by atoms with E-state index in [0.717, 1.165) is 48.5 Å². The van der Waals surface area contributed by atoms with Crippen LogP contribution in [0.4, 0.5) is 8.78 Å². The van der Waals surface area contributed by atoms with Crippen LogP contribution in [-0.4, -0.2) is 25.4 Å². The molecule has 1 aliphatic rings. The van der Waals surface area contributed by atoms with E-state index in [1.54, 1.807) is 12.1 Å². The van der Waals surface area contributed by atoms with E-state index in [2.05, 4.69) is 5.32 Å². The Morgan fingerprint density at radius 1 is 1.03 bits per heavy atom. The summed E-state index contributed by atoms with van der Waals surface area (Å²) < 4.78 is 41.9. The van der Waals surface area contributed by atoms with Crippen molar-refractivity contribution in [3.05, 3.63) is 76.8 Å². The fourth-order valence-corrected chi connectivity index (χ4v) is 4.50. The molecule has 32 heavy (non-hydrogen) atoms. The molecule has 1 heterocycles. The predicted octanol–water partition coefficient (Wildman–Crippen LogP) is 6.72. The van der Waals surface area contributed by atoms with Crippen LogP contribution in [0.2, 0.25) is 5.02 Å². The van der Waals surface area contributed by atoms with Gasteiger partial charge in [-0.15, -0.1) is 11.8 Å². The van der Waals surface area contributed by atoms with Gasteiger partial charge < -0.3 is 14.8 Å². The van der Waals surface area contributed by atoms with Crippen LogP contribution in [0.15, 0.2) is 59.5 Å². The monoisotopic (exact) mass is 475 g/mol. The number of halogens is 3. The maximum atomic E-state index is 14.7. The number of ether oxygens (including phenoxy) is 2. The summed E-state index contributed by atoms with van der Waals surface area (Å²) >= 11 is 7.27. The zero-order valence-corrected chi connectivity index (χ0v) is 19.2. The zero-order valence-electron chi connectivity index (χ0n) is 17.7. The fourth-order valence-electron chi connectivity index (χ4n) is 3.73. The molecule has 3 aromatic rings. The third-order valence-corrected chi connectivity index (χ3v) is 6.31. The van der Waals surface area contributed by atoms with E-state index in [4.69, 9.17) is 21.1 Å². The lowest BCUT2D eigenvalue weighted by atomic mass is 10.0. The lowest BCUT2D eigenvalue weighted by molar-refractivity contribution is 0.149. The molecule has 0 unspecified atom stereocenters. The van der Waals surface area contributed by atoms with Crippen LogP contribution >= 0.6 is 23.4 Å². The summed E-state index contributed by atoms with van der Waals surface area (Å²) in [7, 11) is 0. The number of benzene rings is 3. The Bertz CT molecular complexity index is 1050. The van der Waals surface area contributed by atoms with Gasteiger partial charge in [-0.25, -0.2) is 8.78 Å². The van der Waals surface area contributed by atoms with Crippen molar-refractivity contribution in [3.63, 3.8) is 0 Å². The van der Waals surface area contributed by atoms with Crippen LogP contribution in [-0.2, 0) is 6.61 Å². The Kier molecular flexibility index (Phi) is 7.55. The van der Waals surface area contributed by atoms with Crippen molar-refractivity contribution in [2.24, 2.45) is 0 Å². The van der Waals surface area contributed by atoms with Gasteiger partial charge in [0, 0.05) is 5.02 Å². The van der Waals surface area contributed by atoms with Crippen molar-refractivity contribution in [2.45, 2.75) is 30.4 Å². The highest BCUT2D eigenvalue weighted by Crippen LogP contribution is 2.43. The van der Waals surface area contributed by atoms with E-state index in [1.807, 2.05) is 36.6 Å². The molecule has 0 amide bonds. The van der Waals surface area contributed by atoms with Gasteiger partial charge in [0.2, 0.25) is 0 Å². The summed E-state index contributed by atoms with van der Waals surface area (Å²) in [4.78, 5) is 0.762. The first kappa shape index (κ1) is 22.9. The van der Waals surface area contributed by atoms with Crippen LogP contribution in [0.1, 0.15) is 18.4 Å². The Balaban J connectivity index is 1.75. The highest BCUT2D eigenvalue weighted by molar-refractivity contribution is 7.98. The first-order valence-electron chi connectivity index (χ1n) is 10.5. The molecule has 0 atom stereocenters. The fraction of sp³-hybridized carbons (Fsp3) is 0.280. The summed E-state index contributed by atoms with van der Waals surface area (Å²) in [6, 6.07) is 15.4. The average molecular weight is 476 g/mol. The first-order chi connectivity index (χ1) is 15.5. The molecule has 3 nitrogen and oxygen atoms in total. The standard InChI is InChI=1S/C25H24ClF2NO2S/c1-32-23-12-17(24-20(27)13-18(26)14-21(24)28)11-22(30-15-16-5-3-2-4-6-16)25(23)31-19-7-9-29-10-8-19/h2-6,11-14,19,29H,7-10,15H2,1H3. The average Bonchev–Trinajstić information content (AvgIpc) is 2.79. The second-order valence-corrected chi connectivity index (χ2v) is 8.88.